The van der Waals surface area contributed by atoms with Crippen molar-refractivity contribution >= 4 is 52.8 Å². The van der Waals surface area contributed by atoms with Crippen molar-refractivity contribution in [3.8, 4) is 0 Å². The second-order valence-corrected chi connectivity index (χ2v) is 8.62. The molecule has 0 amide bonds. The second kappa shape index (κ2) is 8.12. The predicted octanol–water partition coefficient (Wildman–Crippen LogP) is 2.31. The molecule has 0 unspecified atom stereocenters. The van der Waals surface area contributed by atoms with Crippen molar-refractivity contribution in [1.82, 2.24) is 0 Å². The minimum atomic E-state index is -4.21. The molecule has 0 aliphatic heterocycles. The van der Waals surface area contributed by atoms with Crippen LogP contribution in [-0.4, -0.2) is 31.8 Å². The summed E-state index contributed by atoms with van der Waals surface area (Å²) in [5.74, 6) is 0. The molecule has 0 atom stereocenters. The van der Waals surface area contributed by atoms with Crippen LogP contribution in [0.25, 0.3) is 0 Å². The normalized spacial score (nSPS) is 11.1. The maximum absolute atomic E-state index is 11.4. The van der Waals surface area contributed by atoms with Crippen molar-refractivity contribution in [2.45, 2.75) is 4.90 Å². The first-order chi connectivity index (χ1) is 11.1. The molecule has 0 fully saturated rings. The molecular weight excluding hydrogens is 334 g/mol. The monoisotopic (exact) mass is 349 g/mol. The molecule has 0 aromatic heterocycles. The van der Waals surface area contributed by atoms with Crippen LogP contribution in [0.5, 0.6) is 0 Å². The Hall–Kier alpha value is -1.40. The molecule has 3 nitrogen and oxygen atoms in total. The fraction of sp³-hybridized carbons (Fsp3) is 0. The summed E-state index contributed by atoms with van der Waals surface area (Å²) < 4.78 is 32.2. The van der Waals surface area contributed by atoms with Crippen LogP contribution in [0.1, 0.15) is 0 Å². The van der Waals surface area contributed by atoms with Crippen LogP contribution >= 0.6 is 7.92 Å². The molecule has 1 N–H and O–H groups in total. The van der Waals surface area contributed by atoms with Gasteiger partial charge in [0.25, 0.3) is 10.1 Å². The van der Waals surface area contributed by atoms with Gasteiger partial charge in [-0.05, 0) is 36.0 Å². The van der Waals surface area contributed by atoms with Gasteiger partial charge >= 0.3 is 0 Å². The molecule has 6 heteroatoms. The molecule has 0 aliphatic carbocycles. The molecule has 117 valence electrons. The van der Waals surface area contributed by atoms with E-state index in [1.807, 2.05) is 66.7 Å². The van der Waals surface area contributed by atoms with Gasteiger partial charge < -0.3 is 0 Å². The average molecular weight is 349 g/mol. The first-order valence-electron chi connectivity index (χ1n) is 7.03. The van der Waals surface area contributed by atoms with Crippen LogP contribution in [0.4, 0.5) is 0 Å². The Labute approximate surface area is 155 Å². The molecule has 3 rings (SSSR count). The third-order valence-electron chi connectivity index (χ3n) is 3.40. The quantitative estimate of drug-likeness (QED) is 0.447. The van der Waals surface area contributed by atoms with E-state index in [1.165, 1.54) is 6.07 Å². The van der Waals surface area contributed by atoms with E-state index in [-0.39, 0.29) is 23.8 Å². The number of benzene rings is 3. The Kier molecular flexibility index (Phi) is 6.40. The Bertz CT molecular complexity index is 860. The number of hydrogen-bond acceptors (Lipinski definition) is 2. The van der Waals surface area contributed by atoms with Crippen LogP contribution in [0.2, 0.25) is 0 Å². The number of rotatable bonds is 4. The summed E-state index contributed by atoms with van der Waals surface area (Å²) in [6.45, 7) is 0. The minimum absolute atomic E-state index is 0. The molecule has 0 saturated heterocycles. The van der Waals surface area contributed by atoms with E-state index in [9.17, 15) is 13.0 Å². The van der Waals surface area contributed by atoms with Crippen molar-refractivity contribution in [2.75, 3.05) is 0 Å². The Morgan fingerprint density at radius 2 is 1.12 bits per heavy atom. The maximum atomic E-state index is 11.4. The van der Waals surface area contributed by atoms with Gasteiger partial charge in [0.1, 0.15) is 0 Å². The smallest absolute Gasteiger partial charge is 0.282 e. The summed E-state index contributed by atoms with van der Waals surface area (Å²) in [6, 6.07) is 26.5. The summed E-state index contributed by atoms with van der Waals surface area (Å²) in [5, 5.41) is 3.13. The largest absolute Gasteiger partial charge is 0.294 e. The van der Waals surface area contributed by atoms with E-state index in [1.54, 1.807) is 12.1 Å². The third-order valence-corrected chi connectivity index (χ3v) is 6.68. The number of hydrogen-bond donors (Lipinski definition) is 1. The summed E-state index contributed by atoms with van der Waals surface area (Å²) >= 11 is 0. The molecule has 0 bridgehead atoms. The molecule has 1 radical (unpaired) electrons. The van der Waals surface area contributed by atoms with E-state index < -0.39 is 18.0 Å². The van der Waals surface area contributed by atoms with Crippen molar-refractivity contribution < 1.29 is 13.0 Å². The Morgan fingerprint density at radius 1 is 0.667 bits per heavy atom. The van der Waals surface area contributed by atoms with Gasteiger partial charge in [-0.15, -0.1) is 0 Å². The molecule has 0 heterocycles. The van der Waals surface area contributed by atoms with E-state index in [0.29, 0.717) is 0 Å². The van der Waals surface area contributed by atoms with Crippen LogP contribution < -0.4 is 15.9 Å². The molecule has 0 aliphatic rings. The fourth-order valence-electron chi connectivity index (χ4n) is 2.38. The standard InChI is InChI=1S/C18H15O3PS.Li/c19-23(20,21)18-13-7-12-17(14-18)22(15-8-3-1-4-9-15)16-10-5-2-6-11-16;/h1-14H,(H,19,20,21);. The molecule has 3 aromatic rings. The summed E-state index contributed by atoms with van der Waals surface area (Å²) in [5.41, 5.74) is 0. The van der Waals surface area contributed by atoms with Crippen LogP contribution in [0.3, 0.4) is 0 Å². The van der Waals surface area contributed by atoms with Crippen LogP contribution in [0.15, 0.2) is 89.8 Å². The first kappa shape index (κ1) is 18.9. The van der Waals surface area contributed by atoms with Gasteiger partial charge in [-0.2, -0.15) is 8.42 Å². The fourth-order valence-corrected chi connectivity index (χ4v) is 5.34. The van der Waals surface area contributed by atoms with Crippen molar-refractivity contribution in [1.29, 1.82) is 0 Å². The van der Waals surface area contributed by atoms with E-state index >= 15 is 0 Å². The summed E-state index contributed by atoms with van der Waals surface area (Å²) in [6.07, 6.45) is 0. The van der Waals surface area contributed by atoms with Gasteiger partial charge in [0.05, 0.1) is 4.90 Å². The predicted molar refractivity (Wildman–Crippen MR) is 101 cm³/mol. The average Bonchev–Trinajstić information content (AvgIpc) is 2.57. The zero-order chi connectivity index (χ0) is 16.3. The SMILES string of the molecule is O=S(=O)(O)c1cccc(P(c2ccccc2)c2ccccc2)c1.[Li]. The van der Waals surface area contributed by atoms with Gasteiger partial charge in [-0.3, -0.25) is 4.55 Å². The van der Waals surface area contributed by atoms with E-state index in [4.69, 9.17) is 0 Å². The van der Waals surface area contributed by atoms with Crippen molar-refractivity contribution in [3.05, 3.63) is 84.9 Å². The Morgan fingerprint density at radius 3 is 1.58 bits per heavy atom. The van der Waals surface area contributed by atoms with Gasteiger partial charge in [0.15, 0.2) is 0 Å². The zero-order valence-corrected chi connectivity index (χ0v) is 14.9. The first-order valence-corrected chi connectivity index (χ1v) is 9.82. The second-order valence-electron chi connectivity index (χ2n) is 4.98. The van der Waals surface area contributed by atoms with Gasteiger partial charge in [-0.25, -0.2) is 0 Å². The van der Waals surface area contributed by atoms with E-state index in [2.05, 4.69) is 0 Å². The molecule has 0 spiro atoms. The topological polar surface area (TPSA) is 54.4 Å². The molecule has 24 heavy (non-hydrogen) atoms. The maximum Gasteiger partial charge on any atom is 0.294 e. The van der Waals surface area contributed by atoms with Crippen LogP contribution in [0, 0.1) is 0 Å². The third kappa shape index (κ3) is 4.36. The minimum Gasteiger partial charge on any atom is -0.282 e. The summed E-state index contributed by atoms with van der Waals surface area (Å²) in [4.78, 5) is -0.0747. The van der Waals surface area contributed by atoms with E-state index in [0.717, 1.165) is 15.9 Å². The van der Waals surface area contributed by atoms with Gasteiger partial charge in [0, 0.05) is 18.9 Å². The van der Waals surface area contributed by atoms with Crippen molar-refractivity contribution in [3.63, 3.8) is 0 Å². The van der Waals surface area contributed by atoms with Crippen molar-refractivity contribution in [2.24, 2.45) is 0 Å². The van der Waals surface area contributed by atoms with Gasteiger partial charge in [0.2, 0.25) is 0 Å². The zero-order valence-electron chi connectivity index (χ0n) is 13.2. The van der Waals surface area contributed by atoms with Gasteiger partial charge in [-0.1, -0.05) is 72.8 Å². The summed E-state index contributed by atoms with van der Waals surface area (Å²) in [7, 11) is -5.10. The molecular formula is C18H15LiO3PS. The molecule has 3 aromatic carbocycles. The molecule has 0 saturated carbocycles. The van der Waals surface area contributed by atoms with Crippen LogP contribution in [-0.2, 0) is 10.1 Å². The Balaban J connectivity index is 0.00000208.